The Morgan fingerprint density at radius 3 is 2.06 bits per heavy atom. The van der Waals surface area contributed by atoms with Crippen molar-refractivity contribution in [1.82, 2.24) is 0 Å². The van der Waals surface area contributed by atoms with Gasteiger partial charge in [-0.25, -0.2) is 0 Å². The van der Waals surface area contributed by atoms with Crippen LogP contribution in [-0.2, 0) is 0 Å². The maximum atomic E-state index is 10.2. The van der Waals surface area contributed by atoms with Gasteiger partial charge in [-0.3, -0.25) is 20.2 Å². The lowest BCUT2D eigenvalue weighted by molar-refractivity contribution is -0.394. The lowest BCUT2D eigenvalue weighted by Gasteiger charge is -1.94. The van der Waals surface area contributed by atoms with Crippen LogP contribution in [0.5, 0.6) is 5.75 Å². The SMILES string of the molecule is NN=C(N)N.O=[N+]([O-])c1ccc(O)c([N+](=O)[O-])c1. The smallest absolute Gasteiger partial charge is 0.317 e. The van der Waals surface area contributed by atoms with Crippen molar-refractivity contribution in [1.29, 1.82) is 0 Å². The highest BCUT2D eigenvalue weighted by molar-refractivity contribution is 5.75. The van der Waals surface area contributed by atoms with Crippen molar-refractivity contribution in [3.63, 3.8) is 0 Å². The number of guanidine groups is 1. The second kappa shape index (κ2) is 6.47. The normalized spacial score (nSPS) is 8.67. The molecule has 0 radical (unpaired) electrons. The van der Waals surface area contributed by atoms with Gasteiger partial charge in [0.25, 0.3) is 5.69 Å². The lowest BCUT2D eigenvalue weighted by Crippen LogP contribution is -2.23. The monoisotopic (exact) mass is 258 g/mol. The van der Waals surface area contributed by atoms with Crippen LogP contribution in [-0.4, -0.2) is 20.9 Å². The number of rotatable bonds is 2. The third-order valence-electron chi connectivity index (χ3n) is 1.52. The molecule has 7 N–H and O–H groups in total. The van der Waals surface area contributed by atoms with E-state index >= 15 is 0 Å². The number of nitro benzene ring substituents is 2. The number of aromatic hydroxyl groups is 1. The summed E-state index contributed by atoms with van der Waals surface area (Å²) in [6.45, 7) is 0. The van der Waals surface area contributed by atoms with E-state index in [1.165, 1.54) is 0 Å². The first-order valence-electron chi connectivity index (χ1n) is 4.20. The van der Waals surface area contributed by atoms with Gasteiger partial charge in [-0.2, -0.15) is 0 Å². The van der Waals surface area contributed by atoms with E-state index in [0.29, 0.717) is 6.07 Å². The molecule has 0 atom stereocenters. The van der Waals surface area contributed by atoms with E-state index in [-0.39, 0.29) is 5.96 Å². The first-order valence-corrected chi connectivity index (χ1v) is 4.20. The largest absolute Gasteiger partial charge is 0.502 e. The van der Waals surface area contributed by atoms with Crippen molar-refractivity contribution in [2.24, 2.45) is 22.4 Å². The van der Waals surface area contributed by atoms with Gasteiger partial charge < -0.3 is 22.4 Å². The molecular formula is C7H10N6O5. The predicted molar refractivity (Wildman–Crippen MR) is 61.4 cm³/mol. The van der Waals surface area contributed by atoms with Gasteiger partial charge in [0.1, 0.15) is 0 Å². The number of nitrogens with zero attached hydrogens (tertiary/aromatic N) is 3. The molecule has 0 aliphatic carbocycles. The van der Waals surface area contributed by atoms with Crippen LogP contribution in [0, 0.1) is 20.2 Å². The molecule has 1 rings (SSSR count). The maximum Gasteiger partial charge on any atom is 0.317 e. The summed E-state index contributed by atoms with van der Waals surface area (Å²) >= 11 is 0. The summed E-state index contributed by atoms with van der Waals surface area (Å²) in [5, 5.41) is 32.2. The predicted octanol–water partition coefficient (Wildman–Crippen LogP) is -0.658. The van der Waals surface area contributed by atoms with Crippen molar-refractivity contribution in [2.45, 2.75) is 0 Å². The molecule has 0 spiro atoms. The van der Waals surface area contributed by atoms with Crippen LogP contribution in [0.15, 0.2) is 23.3 Å². The van der Waals surface area contributed by atoms with Crippen LogP contribution in [0.2, 0.25) is 0 Å². The van der Waals surface area contributed by atoms with E-state index in [0.717, 1.165) is 12.1 Å². The van der Waals surface area contributed by atoms with Crippen LogP contribution in [0.1, 0.15) is 0 Å². The van der Waals surface area contributed by atoms with E-state index in [2.05, 4.69) is 10.9 Å². The standard InChI is InChI=1S/C6H4N2O5.CH6N4/c9-6-2-1-4(7(10)11)3-5(6)8(12)13;2-1(3)5-4/h1-3,9H;4H2,(H4,2,3,5). The van der Waals surface area contributed by atoms with Crippen LogP contribution in [0.3, 0.4) is 0 Å². The molecule has 98 valence electrons. The molecule has 0 heterocycles. The van der Waals surface area contributed by atoms with Gasteiger partial charge in [-0.05, 0) is 6.07 Å². The fourth-order valence-corrected chi connectivity index (χ4v) is 0.772. The van der Waals surface area contributed by atoms with Gasteiger partial charge in [0.05, 0.1) is 15.9 Å². The lowest BCUT2D eigenvalue weighted by atomic mass is 10.2. The summed E-state index contributed by atoms with van der Waals surface area (Å²) < 4.78 is 0. The number of hydrogen-bond acceptors (Lipinski definition) is 7. The average molecular weight is 258 g/mol. The van der Waals surface area contributed by atoms with Gasteiger partial charge in [-0.15, -0.1) is 5.10 Å². The molecule has 0 amide bonds. The Hall–Kier alpha value is -3.11. The fraction of sp³-hybridized carbons (Fsp3) is 0. The molecule has 0 aliphatic rings. The van der Waals surface area contributed by atoms with Crippen molar-refractivity contribution in [3.8, 4) is 5.75 Å². The third kappa shape index (κ3) is 4.61. The zero-order chi connectivity index (χ0) is 14.3. The first kappa shape index (κ1) is 14.9. The summed E-state index contributed by atoms with van der Waals surface area (Å²) in [6, 6.07) is 2.61. The number of nitrogens with two attached hydrogens (primary N) is 3. The second-order valence-electron chi connectivity index (χ2n) is 2.74. The number of phenols is 1. The van der Waals surface area contributed by atoms with E-state index in [1.807, 2.05) is 0 Å². The Morgan fingerprint density at radius 2 is 1.72 bits per heavy atom. The van der Waals surface area contributed by atoms with Gasteiger partial charge >= 0.3 is 5.69 Å². The minimum atomic E-state index is -0.887. The van der Waals surface area contributed by atoms with Crippen LogP contribution in [0.25, 0.3) is 0 Å². The number of hydrazone groups is 1. The van der Waals surface area contributed by atoms with E-state index in [1.54, 1.807) is 0 Å². The summed E-state index contributed by atoms with van der Waals surface area (Å²) in [5.74, 6) is 3.83. The highest BCUT2D eigenvalue weighted by Crippen LogP contribution is 2.29. The zero-order valence-electron chi connectivity index (χ0n) is 8.89. The summed E-state index contributed by atoms with van der Waals surface area (Å²) in [5.41, 5.74) is 8.29. The average Bonchev–Trinajstić information content (AvgIpc) is 2.29. The van der Waals surface area contributed by atoms with Gasteiger partial charge in [0.15, 0.2) is 5.75 Å². The minimum Gasteiger partial charge on any atom is -0.502 e. The summed E-state index contributed by atoms with van der Waals surface area (Å²) in [4.78, 5) is 18.7. The topological polar surface area (TPSA) is 197 Å². The Bertz CT molecular complexity index is 483. The molecule has 0 bridgehead atoms. The Balaban J connectivity index is 0.000000494. The van der Waals surface area contributed by atoms with E-state index in [4.69, 9.17) is 16.6 Å². The van der Waals surface area contributed by atoms with Crippen molar-refractivity contribution in [2.75, 3.05) is 0 Å². The van der Waals surface area contributed by atoms with Gasteiger partial charge in [0, 0.05) is 6.07 Å². The quantitative estimate of drug-likeness (QED) is 0.176. The van der Waals surface area contributed by atoms with Crippen molar-refractivity contribution in [3.05, 3.63) is 38.4 Å². The summed E-state index contributed by atoms with van der Waals surface area (Å²) in [7, 11) is 0. The molecule has 18 heavy (non-hydrogen) atoms. The van der Waals surface area contributed by atoms with E-state index in [9.17, 15) is 20.2 Å². The Morgan fingerprint density at radius 1 is 1.22 bits per heavy atom. The van der Waals surface area contributed by atoms with Crippen molar-refractivity contribution < 1.29 is 15.0 Å². The third-order valence-corrected chi connectivity index (χ3v) is 1.52. The second-order valence-corrected chi connectivity index (χ2v) is 2.74. The number of hydrogen-bond donors (Lipinski definition) is 4. The van der Waals surface area contributed by atoms with Crippen molar-refractivity contribution >= 4 is 17.3 Å². The Kier molecular flexibility index (Phi) is 5.35. The Labute approximate surface area is 99.8 Å². The molecule has 1 aromatic carbocycles. The highest BCUT2D eigenvalue weighted by atomic mass is 16.6. The van der Waals surface area contributed by atoms with E-state index < -0.39 is 27.0 Å². The van der Waals surface area contributed by atoms with Crippen LogP contribution >= 0.6 is 0 Å². The van der Waals surface area contributed by atoms with Crippen LogP contribution < -0.4 is 17.3 Å². The molecule has 0 saturated heterocycles. The maximum absolute atomic E-state index is 10.2. The van der Waals surface area contributed by atoms with Gasteiger partial charge in [-0.1, -0.05) is 0 Å². The molecule has 0 aliphatic heterocycles. The minimum absolute atomic E-state index is 0.0926. The number of phenolic OH excluding ortho intramolecular Hbond substituents is 1. The number of non-ortho nitro benzene ring substituents is 1. The molecule has 0 aromatic heterocycles. The molecule has 0 saturated carbocycles. The number of benzene rings is 1. The fourth-order valence-electron chi connectivity index (χ4n) is 0.772. The molecule has 11 nitrogen and oxygen atoms in total. The molecular weight excluding hydrogens is 248 g/mol. The first-order chi connectivity index (χ1) is 8.29. The zero-order valence-corrected chi connectivity index (χ0v) is 8.89. The summed E-state index contributed by atoms with van der Waals surface area (Å²) in [6.07, 6.45) is 0. The van der Waals surface area contributed by atoms with Crippen LogP contribution in [0.4, 0.5) is 11.4 Å². The molecule has 0 unspecified atom stereocenters. The van der Waals surface area contributed by atoms with Gasteiger partial charge in [0.2, 0.25) is 5.96 Å². The molecule has 11 heteroatoms. The molecule has 1 aromatic rings. The highest BCUT2D eigenvalue weighted by Gasteiger charge is 2.18. The molecule has 0 fully saturated rings. The number of nitro groups is 2.